The first-order valence-electron chi connectivity index (χ1n) is 14.0. The van der Waals surface area contributed by atoms with Gasteiger partial charge in [-0.1, -0.05) is 59.6 Å². The van der Waals surface area contributed by atoms with Crippen molar-refractivity contribution in [2.24, 2.45) is 0 Å². The summed E-state index contributed by atoms with van der Waals surface area (Å²) >= 11 is 12.4. The molecular weight excluding hydrogens is 575 g/mol. The molecule has 0 bridgehead atoms. The van der Waals surface area contributed by atoms with Crippen LogP contribution < -0.4 is 10.2 Å². The van der Waals surface area contributed by atoms with Gasteiger partial charge >= 0.3 is 0 Å². The molecule has 8 nitrogen and oxygen atoms in total. The van der Waals surface area contributed by atoms with Crippen LogP contribution in [0.3, 0.4) is 0 Å². The van der Waals surface area contributed by atoms with Crippen LogP contribution >= 0.6 is 23.2 Å². The van der Waals surface area contributed by atoms with E-state index in [0.29, 0.717) is 43.0 Å². The maximum atomic E-state index is 13.8. The summed E-state index contributed by atoms with van der Waals surface area (Å²) in [4.78, 5) is 31.5. The minimum Gasteiger partial charge on any atom is -0.383 e. The maximum Gasteiger partial charge on any atom is 0.242 e. The number of rotatable bonds is 12. The Hall–Kier alpha value is -3.14. The number of carbonyl (C=O) groups excluding carboxylic acids is 2. The molecule has 3 aromatic rings. The van der Waals surface area contributed by atoms with Crippen molar-refractivity contribution >= 4 is 46.4 Å². The van der Waals surface area contributed by atoms with Crippen molar-refractivity contribution in [2.75, 3.05) is 76.9 Å². The average molecular weight is 614 g/mol. The Morgan fingerprint density at radius 2 is 1.74 bits per heavy atom. The number of halogens is 2. The number of anilines is 2. The van der Waals surface area contributed by atoms with E-state index in [1.54, 1.807) is 19.2 Å². The fraction of sp³-hybridized carbons (Fsp3) is 0.375. The molecule has 0 radical (unpaired) electrons. The van der Waals surface area contributed by atoms with Gasteiger partial charge in [-0.2, -0.15) is 0 Å². The second-order valence-electron chi connectivity index (χ2n) is 10.3. The van der Waals surface area contributed by atoms with Crippen molar-refractivity contribution in [1.29, 1.82) is 0 Å². The highest BCUT2D eigenvalue weighted by Gasteiger charge is 2.27. The molecule has 224 valence electrons. The van der Waals surface area contributed by atoms with Crippen LogP contribution in [0.4, 0.5) is 11.4 Å². The van der Waals surface area contributed by atoms with Crippen molar-refractivity contribution in [3.05, 3.63) is 82.3 Å². The van der Waals surface area contributed by atoms with Crippen molar-refractivity contribution < 1.29 is 19.1 Å². The molecule has 0 saturated carbocycles. The summed E-state index contributed by atoms with van der Waals surface area (Å²) in [6.07, 6.45) is 0. The number of benzene rings is 3. The van der Waals surface area contributed by atoms with E-state index in [9.17, 15) is 9.59 Å². The number of morpholine rings is 1. The second-order valence-corrected chi connectivity index (χ2v) is 11.1. The number of hydrogen-bond acceptors (Lipinski definition) is 6. The lowest BCUT2D eigenvalue weighted by Gasteiger charge is -2.36. The molecule has 1 atom stereocenters. The largest absolute Gasteiger partial charge is 0.383 e. The summed E-state index contributed by atoms with van der Waals surface area (Å²) in [6.45, 7) is 6.31. The molecule has 42 heavy (non-hydrogen) atoms. The molecule has 3 aromatic carbocycles. The van der Waals surface area contributed by atoms with Crippen LogP contribution in [0.1, 0.15) is 18.5 Å². The molecule has 0 aliphatic carbocycles. The summed E-state index contributed by atoms with van der Waals surface area (Å²) < 4.78 is 10.9. The molecule has 1 fully saturated rings. The van der Waals surface area contributed by atoms with E-state index in [0.717, 1.165) is 41.2 Å². The van der Waals surface area contributed by atoms with Gasteiger partial charge in [-0.3, -0.25) is 14.5 Å². The van der Waals surface area contributed by atoms with Crippen LogP contribution in [0.5, 0.6) is 0 Å². The average Bonchev–Trinajstić information content (AvgIpc) is 2.99. The van der Waals surface area contributed by atoms with Gasteiger partial charge in [0, 0.05) is 58.6 Å². The highest BCUT2D eigenvalue weighted by Crippen LogP contribution is 2.29. The Labute approximate surface area is 258 Å². The standard InChI is InChI=1S/C32H38Cl2N4O4/c1-23(39)35-27-6-4-5-26(19-27)24-7-9-25(10-8-24)31(21-37-13-17-42-18-14-37)36(2)32(40)22-38(15-16-41-3)28-11-12-29(33)30(34)20-28/h4-12,19-20,31H,13-18,21-22H2,1-3H3,(H,35,39). The molecule has 1 unspecified atom stereocenters. The highest BCUT2D eigenvalue weighted by atomic mass is 35.5. The number of methoxy groups -OCH3 is 1. The SMILES string of the molecule is COCCN(CC(=O)N(C)C(CN1CCOCC1)c1ccc(-c2cccc(NC(C)=O)c2)cc1)c1ccc(Cl)c(Cl)c1. The van der Waals surface area contributed by atoms with Crippen molar-refractivity contribution in [3.8, 4) is 11.1 Å². The molecular formula is C32H38Cl2N4O4. The van der Waals surface area contributed by atoms with E-state index in [1.165, 1.54) is 6.92 Å². The molecule has 4 rings (SSSR count). The molecule has 1 aliphatic rings. The third kappa shape index (κ3) is 8.69. The fourth-order valence-electron chi connectivity index (χ4n) is 4.99. The smallest absolute Gasteiger partial charge is 0.242 e. The van der Waals surface area contributed by atoms with Crippen molar-refractivity contribution in [2.45, 2.75) is 13.0 Å². The molecule has 0 spiro atoms. The van der Waals surface area contributed by atoms with Gasteiger partial charge in [-0.15, -0.1) is 0 Å². The third-order valence-electron chi connectivity index (χ3n) is 7.37. The van der Waals surface area contributed by atoms with Crippen molar-refractivity contribution in [1.82, 2.24) is 9.80 Å². The van der Waals surface area contributed by atoms with Crippen molar-refractivity contribution in [3.63, 3.8) is 0 Å². The maximum absolute atomic E-state index is 13.8. The van der Waals surface area contributed by atoms with E-state index in [-0.39, 0.29) is 24.4 Å². The molecule has 1 aliphatic heterocycles. The number of carbonyl (C=O) groups is 2. The summed E-state index contributed by atoms with van der Waals surface area (Å²) in [6, 6.07) is 21.2. The molecule has 10 heteroatoms. The predicted octanol–water partition coefficient (Wildman–Crippen LogP) is 5.60. The summed E-state index contributed by atoms with van der Waals surface area (Å²) in [5.74, 6) is -0.136. The molecule has 0 aromatic heterocycles. The Morgan fingerprint density at radius 1 is 1.00 bits per heavy atom. The lowest BCUT2D eigenvalue weighted by atomic mass is 9.99. The Morgan fingerprint density at radius 3 is 2.40 bits per heavy atom. The van der Waals surface area contributed by atoms with Gasteiger partial charge in [0.15, 0.2) is 0 Å². The van der Waals surface area contributed by atoms with Gasteiger partial charge in [0.25, 0.3) is 0 Å². The van der Waals surface area contributed by atoms with E-state index in [1.807, 2.05) is 47.2 Å². The summed E-state index contributed by atoms with van der Waals surface area (Å²) in [5, 5.41) is 3.74. The first-order valence-corrected chi connectivity index (χ1v) is 14.7. The van der Waals surface area contributed by atoms with Crippen LogP contribution in [-0.4, -0.2) is 88.3 Å². The molecule has 2 amide bonds. The van der Waals surface area contributed by atoms with E-state index < -0.39 is 0 Å². The third-order valence-corrected chi connectivity index (χ3v) is 8.11. The quantitative estimate of drug-likeness (QED) is 0.287. The van der Waals surface area contributed by atoms with Gasteiger partial charge < -0.3 is 24.6 Å². The zero-order valence-electron chi connectivity index (χ0n) is 24.3. The van der Waals surface area contributed by atoms with Gasteiger partial charge in [-0.25, -0.2) is 0 Å². The van der Waals surface area contributed by atoms with E-state index >= 15 is 0 Å². The molecule has 1 heterocycles. The number of likely N-dealkylation sites (N-methyl/N-ethyl adjacent to an activating group) is 1. The zero-order valence-corrected chi connectivity index (χ0v) is 25.8. The summed E-state index contributed by atoms with van der Waals surface area (Å²) in [5.41, 5.74) is 4.61. The van der Waals surface area contributed by atoms with Gasteiger partial charge in [0.1, 0.15) is 0 Å². The van der Waals surface area contributed by atoms with Crippen LogP contribution in [0.2, 0.25) is 10.0 Å². The molecule has 1 saturated heterocycles. The number of nitrogens with zero attached hydrogens (tertiary/aromatic N) is 3. The van der Waals surface area contributed by atoms with Gasteiger partial charge in [-0.05, 0) is 47.0 Å². The van der Waals surface area contributed by atoms with Gasteiger partial charge in [0.2, 0.25) is 11.8 Å². The Kier molecular flexibility index (Phi) is 11.6. The lowest BCUT2D eigenvalue weighted by molar-refractivity contribution is -0.131. The summed E-state index contributed by atoms with van der Waals surface area (Å²) in [7, 11) is 3.50. The normalized spacial score (nSPS) is 14.3. The number of hydrogen-bond donors (Lipinski definition) is 1. The lowest BCUT2D eigenvalue weighted by Crippen LogP contribution is -2.46. The monoisotopic (exact) mass is 612 g/mol. The number of nitrogens with one attached hydrogen (secondary N) is 1. The first-order chi connectivity index (χ1) is 20.2. The van der Waals surface area contributed by atoms with E-state index in [2.05, 4.69) is 34.5 Å². The second kappa shape index (κ2) is 15.4. The van der Waals surface area contributed by atoms with Crippen LogP contribution in [0.25, 0.3) is 11.1 Å². The zero-order chi connectivity index (χ0) is 30.1. The topological polar surface area (TPSA) is 74.3 Å². The number of ether oxygens (including phenoxy) is 2. The van der Waals surface area contributed by atoms with Crippen LogP contribution in [-0.2, 0) is 19.1 Å². The minimum atomic E-state index is -0.173. The van der Waals surface area contributed by atoms with Crippen LogP contribution in [0.15, 0.2) is 66.7 Å². The minimum absolute atomic E-state index is 0.0254. The predicted molar refractivity (Wildman–Crippen MR) is 170 cm³/mol. The molecule has 1 N–H and O–H groups in total. The number of amides is 2. The highest BCUT2D eigenvalue weighted by molar-refractivity contribution is 6.42. The Balaban J connectivity index is 1.57. The van der Waals surface area contributed by atoms with Gasteiger partial charge in [0.05, 0.1) is 42.5 Å². The van der Waals surface area contributed by atoms with Crippen LogP contribution in [0, 0.1) is 0 Å². The first kappa shape index (κ1) is 31.8. The Bertz CT molecular complexity index is 1350. The fourth-order valence-corrected chi connectivity index (χ4v) is 5.28. The van der Waals surface area contributed by atoms with E-state index in [4.69, 9.17) is 32.7 Å².